The molecule has 2 rings (SSSR count). The van der Waals surface area contributed by atoms with Crippen LogP contribution in [0.3, 0.4) is 0 Å². The van der Waals surface area contributed by atoms with Crippen molar-refractivity contribution >= 4 is 11.7 Å². The van der Waals surface area contributed by atoms with E-state index < -0.39 is 0 Å². The Balaban J connectivity index is 2.23. The van der Waals surface area contributed by atoms with E-state index in [1.807, 2.05) is 0 Å². The van der Waals surface area contributed by atoms with Crippen molar-refractivity contribution in [2.45, 2.75) is 12.8 Å². The highest BCUT2D eigenvalue weighted by molar-refractivity contribution is 5.94. The van der Waals surface area contributed by atoms with Crippen molar-refractivity contribution in [3.8, 4) is 0 Å². The van der Waals surface area contributed by atoms with Crippen LogP contribution in [0.25, 0.3) is 0 Å². The molecule has 5 heteroatoms. The largest absolute Gasteiger partial charge is 0.294 e. The van der Waals surface area contributed by atoms with Crippen LogP contribution in [0.5, 0.6) is 0 Å². The van der Waals surface area contributed by atoms with Gasteiger partial charge in [0.05, 0.1) is 6.20 Å². The second kappa shape index (κ2) is 2.34. The Bertz CT molecular complexity index is 256. The zero-order chi connectivity index (χ0) is 7.68. The van der Waals surface area contributed by atoms with Gasteiger partial charge in [0.25, 0.3) is 0 Å². The Hall–Kier alpha value is -1.39. The molecule has 0 bridgehead atoms. The van der Waals surface area contributed by atoms with E-state index in [4.69, 9.17) is 0 Å². The molecule has 1 aliphatic rings. The van der Waals surface area contributed by atoms with E-state index in [0.717, 1.165) is 13.0 Å². The van der Waals surface area contributed by atoms with Gasteiger partial charge in [-0.05, 0) is 6.42 Å². The van der Waals surface area contributed by atoms with Gasteiger partial charge < -0.3 is 0 Å². The maximum Gasteiger partial charge on any atom is 0.228 e. The van der Waals surface area contributed by atoms with Crippen molar-refractivity contribution < 1.29 is 4.79 Å². The minimum absolute atomic E-state index is 0.138. The van der Waals surface area contributed by atoms with Gasteiger partial charge >= 0.3 is 0 Å². The molecule has 0 spiro atoms. The fraction of sp³-hybridized carbons (Fsp3) is 0.500. The van der Waals surface area contributed by atoms with Crippen LogP contribution in [0, 0.1) is 0 Å². The smallest absolute Gasteiger partial charge is 0.228 e. The Labute approximate surface area is 63.4 Å². The van der Waals surface area contributed by atoms with Crippen molar-refractivity contribution in [3.05, 3.63) is 6.20 Å². The Morgan fingerprint density at radius 1 is 1.64 bits per heavy atom. The summed E-state index contributed by atoms with van der Waals surface area (Å²) in [7, 11) is 0. The normalized spacial score (nSPS) is 17.8. The average Bonchev–Trinajstić information content (AvgIpc) is 2.55. The van der Waals surface area contributed by atoms with Crippen LogP contribution >= 0.6 is 0 Å². The van der Waals surface area contributed by atoms with Gasteiger partial charge in [0.1, 0.15) is 0 Å². The summed E-state index contributed by atoms with van der Waals surface area (Å²) in [6.07, 6.45) is 3.11. The molecule has 5 nitrogen and oxygen atoms in total. The lowest BCUT2D eigenvalue weighted by molar-refractivity contribution is -0.117. The monoisotopic (exact) mass is 152 g/mol. The number of amides is 1. The van der Waals surface area contributed by atoms with Gasteiger partial charge in [-0.15, -0.1) is 5.10 Å². The molecule has 0 aliphatic carbocycles. The molecule has 1 aliphatic heterocycles. The fourth-order valence-corrected chi connectivity index (χ4v) is 1.22. The lowest BCUT2D eigenvalue weighted by Gasteiger charge is -2.09. The topological polar surface area (TPSA) is 61.9 Å². The first-order chi connectivity index (χ1) is 5.38. The van der Waals surface area contributed by atoms with Crippen molar-refractivity contribution in [3.63, 3.8) is 0 Å². The number of aromatic amines is 1. The highest BCUT2D eigenvalue weighted by Gasteiger charge is 2.22. The molecule has 0 saturated carbocycles. The molecule has 0 aromatic carbocycles. The van der Waals surface area contributed by atoms with Crippen molar-refractivity contribution in [2.24, 2.45) is 0 Å². The number of nitrogens with one attached hydrogen (secondary N) is 1. The van der Waals surface area contributed by atoms with E-state index >= 15 is 0 Å². The van der Waals surface area contributed by atoms with Crippen molar-refractivity contribution in [1.82, 2.24) is 15.4 Å². The van der Waals surface area contributed by atoms with Gasteiger partial charge in [-0.25, -0.2) is 0 Å². The lowest BCUT2D eigenvalue weighted by Crippen LogP contribution is -2.23. The van der Waals surface area contributed by atoms with Crippen LogP contribution in [0.4, 0.5) is 5.82 Å². The quantitative estimate of drug-likeness (QED) is 0.612. The van der Waals surface area contributed by atoms with Crippen LogP contribution < -0.4 is 4.90 Å². The number of H-pyrrole nitrogens is 1. The van der Waals surface area contributed by atoms with Gasteiger partial charge in [-0.3, -0.25) is 9.69 Å². The number of carbonyl (C=O) groups is 1. The van der Waals surface area contributed by atoms with Crippen LogP contribution in [0.15, 0.2) is 6.20 Å². The number of nitrogens with zero attached hydrogens (tertiary/aromatic N) is 3. The molecular formula is C6H8N4O. The molecule has 11 heavy (non-hydrogen) atoms. The number of rotatable bonds is 1. The maximum atomic E-state index is 11.1. The number of anilines is 1. The standard InChI is InChI=1S/C6H8N4O/c11-6-2-1-3-10(6)5-4-7-9-8-5/h4H,1-3H2,(H,7,8,9). The van der Waals surface area contributed by atoms with E-state index in [2.05, 4.69) is 15.4 Å². The summed E-state index contributed by atoms with van der Waals surface area (Å²) in [5.74, 6) is 0.770. The van der Waals surface area contributed by atoms with Gasteiger partial charge in [-0.2, -0.15) is 10.3 Å². The third-order valence-electron chi connectivity index (χ3n) is 1.75. The zero-order valence-electron chi connectivity index (χ0n) is 5.95. The van der Waals surface area contributed by atoms with Crippen LogP contribution in [0.1, 0.15) is 12.8 Å². The third kappa shape index (κ3) is 0.978. The number of hydrogen-bond donors (Lipinski definition) is 1. The summed E-state index contributed by atoms with van der Waals surface area (Å²) in [5.41, 5.74) is 0. The third-order valence-corrected chi connectivity index (χ3v) is 1.75. The molecule has 0 radical (unpaired) electrons. The van der Waals surface area contributed by atoms with Crippen LogP contribution in [-0.2, 0) is 4.79 Å². The lowest BCUT2D eigenvalue weighted by atomic mass is 10.4. The van der Waals surface area contributed by atoms with Gasteiger partial charge in [0, 0.05) is 13.0 Å². The summed E-state index contributed by atoms with van der Waals surface area (Å²) in [6.45, 7) is 0.769. The van der Waals surface area contributed by atoms with Crippen LogP contribution in [0.2, 0.25) is 0 Å². The summed E-state index contributed by atoms with van der Waals surface area (Å²) in [4.78, 5) is 12.8. The molecule has 1 aromatic heterocycles. The summed E-state index contributed by atoms with van der Waals surface area (Å²) in [5, 5.41) is 9.92. The SMILES string of the molecule is O=C1CCCN1c1cn[nH]n1. The molecule has 1 fully saturated rings. The molecule has 58 valence electrons. The second-order valence-corrected chi connectivity index (χ2v) is 2.48. The number of carbonyl (C=O) groups excluding carboxylic acids is 1. The van der Waals surface area contributed by atoms with E-state index in [1.54, 1.807) is 11.1 Å². The van der Waals surface area contributed by atoms with Gasteiger partial charge in [-0.1, -0.05) is 0 Å². The second-order valence-electron chi connectivity index (χ2n) is 2.48. The molecule has 1 saturated heterocycles. The van der Waals surface area contributed by atoms with Crippen LogP contribution in [-0.4, -0.2) is 27.9 Å². The minimum Gasteiger partial charge on any atom is -0.294 e. The molecule has 0 unspecified atom stereocenters. The maximum absolute atomic E-state index is 11.1. The first-order valence-electron chi connectivity index (χ1n) is 3.54. The fourth-order valence-electron chi connectivity index (χ4n) is 1.22. The summed E-state index contributed by atoms with van der Waals surface area (Å²) >= 11 is 0. The molecule has 1 N–H and O–H groups in total. The highest BCUT2D eigenvalue weighted by atomic mass is 16.2. The van der Waals surface area contributed by atoms with E-state index in [1.165, 1.54) is 0 Å². The molecule has 1 aromatic rings. The highest BCUT2D eigenvalue weighted by Crippen LogP contribution is 2.16. The predicted octanol–water partition coefficient (Wildman–Crippen LogP) is -0.0685. The molecule has 0 atom stereocenters. The van der Waals surface area contributed by atoms with E-state index in [-0.39, 0.29) is 5.91 Å². The van der Waals surface area contributed by atoms with E-state index in [0.29, 0.717) is 12.2 Å². The van der Waals surface area contributed by atoms with Gasteiger partial charge in [0.15, 0.2) is 5.82 Å². The molecular weight excluding hydrogens is 144 g/mol. The van der Waals surface area contributed by atoms with Gasteiger partial charge in [0.2, 0.25) is 5.91 Å². The average molecular weight is 152 g/mol. The zero-order valence-corrected chi connectivity index (χ0v) is 5.95. The first-order valence-corrected chi connectivity index (χ1v) is 3.54. The number of hydrogen-bond acceptors (Lipinski definition) is 3. The summed E-state index contributed by atoms with van der Waals surface area (Å²) in [6, 6.07) is 0. The molecule has 1 amide bonds. The van der Waals surface area contributed by atoms with E-state index in [9.17, 15) is 4.79 Å². The summed E-state index contributed by atoms with van der Waals surface area (Å²) < 4.78 is 0. The minimum atomic E-state index is 0.138. The predicted molar refractivity (Wildman–Crippen MR) is 38.0 cm³/mol. The van der Waals surface area contributed by atoms with Crippen molar-refractivity contribution in [2.75, 3.05) is 11.4 Å². The van der Waals surface area contributed by atoms with Crippen molar-refractivity contribution in [1.29, 1.82) is 0 Å². The first kappa shape index (κ1) is 6.33. The number of aromatic nitrogens is 3. The Kier molecular flexibility index (Phi) is 1.34. The Morgan fingerprint density at radius 3 is 3.09 bits per heavy atom. The Morgan fingerprint density at radius 2 is 2.55 bits per heavy atom. The molecule has 2 heterocycles.